The van der Waals surface area contributed by atoms with Crippen molar-refractivity contribution in [3.8, 4) is 0 Å². The minimum Gasteiger partial charge on any atom is -0.461 e. The molecule has 1 aliphatic heterocycles. The van der Waals surface area contributed by atoms with E-state index in [0.29, 0.717) is 17.0 Å². The number of benzene rings is 2. The molecule has 0 saturated heterocycles. The molecule has 75 heavy (non-hydrogen) atoms. The monoisotopic (exact) mass is 1260 g/mol. The number of halogens is 20. The van der Waals surface area contributed by atoms with E-state index >= 15 is 0 Å². The number of hydrogen-bond acceptors (Lipinski definition) is 8. The fourth-order valence-electron chi connectivity index (χ4n) is 6.20. The number of aromatic nitrogens is 2. The molecule has 0 aliphatic carbocycles. The summed E-state index contributed by atoms with van der Waals surface area (Å²) in [5.41, 5.74) is -11.3. The van der Waals surface area contributed by atoms with Gasteiger partial charge in [-0.15, -0.1) is 0 Å². The summed E-state index contributed by atoms with van der Waals surface area (Å²) in [6.45, 7) is 8.95. The average Bonchev–Trinajstić information content (AvgIpc) is 3.73. The molecule has 2 aromatic heterocycles. The first-order valence-electron chi connectivity index (χ1n) is 21.0. The molecule has 0 amide bonds. The summed E-state index contributed by atoms with van der Waals surface area (Å²) < 4.78 is 245. The number of alkyl halides is 18. The summed E-state index contributed by atoms with van der Waals surface area (Å²) in [5, 5.41) is 3.32. The summed E-state index contributed by atoms with van der Waals surface area (Å²) in [7, 11) is -1.17. The number of pyridine rings is 2. The van der Waals surface area contributed by atoms with Crippen LogP contribution in [-0.2, 0) is 62.4 Å². The van der Waals surface area contributed by atoms with Crippen molar-refractivity contribution in [2.45, 2.75) is 108 Å². The minimum absolute atomic E-state index is 0.0146. The van der Waals surface area contributed by atoms with Gasteiger partial charge in [-0.3, -0.25) is 14.6 Å². The van der Waals surface area contributed by atoms with Gasteiger partial charge in [-0.05, 0) is 60.0 Å². The lowest BCUT2D eigenvalue weighted by molar-refractivity contribution is -0.185. The Labute approximate surface area is 438 Å². The van der Waals surface area contributed by atoms with Gasteiger partial charge in [0.2, 0.25) is 0 Å². The second-order valence-electron chi connectivity index (χ2n) is 17.5. The Bertz CT molecular complexity index is 2680. The van der Waals surface area contributed by atoms with E-state index in [-0.39, 0.29) is 54.7 Å². The molecule has 0 saturated carbocycles. The van der Waals surface area contributed by atoms with Gasteiger partial charge in [0.1, 0.15) is 46.4 Å². The lowest BCUT2D eigenvalue weighted by atomic mass is 9.76. The number of carbonyl (C=O) groups is 2. The lowest BCUT2D eigenvalue weighted by Crippen LogP contribution is -2.44. The number of nitrogens with one attached hydrogen (secondary N) is 1. The highest BCUT2D eigenvalue weighted by atomic mass is 79.9. The molecule has 3 heterocycles. The van der Waals surface area contributed by atoms with E-state index < -0.39 is 109 Å². The molecule has 5 rings (SSSR count). The standard InChI is InChI=1S/C21H14BrF9N2O2.C14H20BrNO2SSi.C10H6F9N/c1-10(34)35-8-12-3-2-11(4-14(12)22)15-7-18(9-32-15,21(29,30)31)13-5-16(19(23,24)25)33-17(6-13)20(26,27)28;1-10(17)18-8-12-6-5-11(7-13(12)15)14(19)16-9-20(2,3)4;1-4(8(11,12)13)5-2-6(9(14,15)16)20-7(3-5)10(17,18)19/h2-6H,7-9H2,1H3;5-7H,8-9H2,1-4H3,(H,16,19);2-4H,1H3. The van der Waals surface area contributed by atoms with E-state index in [1.165, 1.54) is 32.0 Å². The van der Waals surface area contributed by atoms with Gasteiger partial charge in [0.15, 0.2) is 0 Å². The summed E-state index contributed by atoms with van der Waals surface area (Å²) in [5.74, 6) is -3.33. The van der Waals surface area contributed by atoms with Crippen LogP contribution < -0.4 is 5.32 Å². The fourth-order valence-corrected chi connectivity index (χ4v) is 8.22. The predicted octanol–water partition coefficient (Wildman–Crippen LogP) is 15.1. The number of thiocarbonyl (C=S) groups is 1. The number of carbonyl (C=O) groups excluding carboxylic acids is 2. The molecule has 2 aromatic carbocycles. The molecule has 4 aromatic rings. The number of nitrogens with zero attached hydrogens (tertiary/aromatic N) is 3. The largest absolute Gasteiger partial charge is 0.461 e. The van der Waals surface area contributed by atoms with E-state index in [4.69, 9.17) is 21.7 Å². The highest BCUT2D eigenvalue weighted by Crippen LogP contribution is 2.50. The lowest BCUT2D eigenvalue weighted by Gasteiger charge is -2.32. The second kappa shape index (κ2) is 24.2. The molecule has 8 nitrogen and oxygen atoms in total. The molecular weight excluding hydrogens is 1220 g/mol. The Morgan fingerprint density at radius 1 is 0.667 bits per heavy atom. The van der Waals surface area contributed by atoms with Crippen LogP contribution in [0.1, 0.15) is 89.3 Å². The number of hydrogen-bond donors (Lipinski definition) is 1. The Morgan fingerprint density at radius 3 is 1.44 bits per heavy atom. The van der Waals surface area contributed by atoms with Gasteiger partial charge in [-0.1, -0.05) is 88.0 Å². The fraction of sp³-hybridized carbons (Fsp3) is 0.422. The van der Waals surface area contributed by atoms with Crippen LogP contribution in [0.5, 0.6) is 0 Å². The Balaban J connectivity index is 0.000000318. The molecule has 414 valence electrons. The Morgan fingerprint density at radius 2 is 1.08 bits per heavy atom. The highest BCUT2D eigenvalue weighted by Gasteiger charge is 2.59. The second-order valence-corrected chi connectivity index (χ2v) is 25.1. The van der Waals surface area contributed by atoms with Crippen molar-refractivity contribution < 1.29 is 98.1 Å². The van der Waals surface area contributed by atoms with E-state index in [9.17, 15) is 88.6 Å². The van der Waals surface area contributed by atoms with Crippen LogP contribution in [0.15, 0.2) is 74.6 Å². The minimum atomic E-state index is -5.41. The van der Waals surface area contributed by atoms with Crippen LogP contribution in [0.25, 0.3) is 0 Å². The smallest absolute Gasteiger partial charge is 0.433 e. The summed E-state index contributed by atoms with van der Waals surface area (Å²) in [6.07, 6.45) is -31.6. The summed E-state index contributed by atoms with van der Waals surface area (Å²) in [6, 6.07) is 9.91. The van der Waals surface area contributed by atoms with Crippen LogP contribution in [-0.4, -0.2) is 65.7 Å². The van der Waals surface area contributed by atoms with Crippen LogP contribution >= 0.6 is 44.1 Å². The van der Waals surface area contributed by atoms with Gasteiger partial charge in [0.05, 0.1) is 20.5 Å². The van der Waals surface area contributed by atoms with Gasteiger partial charge in [0.25, 0.3) is 0 Å². The molecule has 2 unspecified atom stereocenters. The Kier molecular flexibility index (Phi) is 20.8. The van der Waals surface area contributed by atoms with Crippen molar-refractivity contribution in [1.82, 2.24) is 15.3 Å². The van der Waals surface area contributed by atoms with E-state index in [1.54, 1.807) is 0 Å². The van der Waals surface area contributed by atoms with Gasteiger partial charge in [-0.2, -0.15) is 79.0 Å². The zero-order valence-corrected chi connectivity index (χ0v) is 44.3. The highest BCUT2D eigenvalue weighted by molar-refractivity contribution is 9.10. The van der Waals surface area contributed by atoms with Crippen molar-refractivity contribution >= 4 is 74.8 Å². The van der Waals surface area contributed by atoms with Crippen LogP contribution in [0.3, 0.4) is 0 Å². The van der Waals surface area contributed by atoms with Crippen LogP contribution in [0.4, 0.5) is 79.0 Å². The first-order valence-corrected chi connectivity index (χ1v) is 26.7. The molecule has 1 N–H and O–H groups in total. The SMILES string of the molecule is CC(=O)OCc1ccc(C(=S)NC[Si](C)(C)C)cc1Br.CC(=O)OCc1ccc(C2=NCC(c3cc(C(F)(F)F)nc(C(F)(F)F)c3)(C(F)(F)F)C2)cc1Br.CC(c1cc(C(F)(F)F)nc(C(F)(F)F)c1)C(F)(F)F. The van der Waals surface area contributed by atoms with Crippen LogP contribution in [0, 0.1) is 0 Å². The molecule has 30 heteroatoms. The van der Waals surface area contributed by atoms with Gasteiger partial charge >= 0.3 is 49.0 Å². The first kappa shape index (κ1) is 64.4. The van der Waals surface area contributed by atoms with Crippen molar-refractivity contribution in [3.63, 3.8) is 0 Å². The number of ether oxygens (including phenoxy) is 2. The third-order valence-corrected chi connectivity index (χ3v) is 13.4. The normalized spacial score (nSPS) is 15.9. The van der Waals surface area contributed by atoms with Crippen LogP contribution in [0.2, 0.25) is 19.6 Å². The third kappa shape index (κ3) is 18.7. The predicted molar refractivity (Wildman–Crippen MR) is 249 cm³/mol. The van der Waals surface area contributed by atoms with Crippen molar-refractivity contribution in [2.24, 2.45) is 4.99 Å². The van der Waals surface area contributed by atoms with E-state index in [0.717, 1.165) is 26.8 Å². The zero-order chi connectivity index (χ0) is 57.7. The molecule has 0 fully saturated rings. The average molecular weight is 1260 g/mol. The third-order valence-electron chi connectivity index (χ3n) is 10.3. The maximum absolute atomic E-state index is 14.3. The quantitative estimate of drug-likeness (QED) is 0.0725. The first-order chi connectivity index (χ1) is 33.9. The van der Waals surface area contributed by atoms with Gasteiger partial charge < -0.3 is 14.8 Å². The molecule has 0 spiro atoms. The Hall–Kier alpha value is -4.84. The van der Waals surface area contributed by atoms with Crippen molar-refractivity contribution in [3.05, 3.63) is 126 Å². The molecule has 2 atom stereocenters. The maximum atomic E-state index is 14.3. The van der Waals surface area contributed by atoms with E-state index in [1.807, 2.05) is 18.2 Å². The van der Waals surface area contributed by atoms with Crippen molar-refractivity contribution in [2.75, 3.05) is 12.7 Å². The zero-order valence-electron chi connectivity index (χ0n) is 39.3. The number of aliphatic imine (C=N–C) groups is 1. The topological polar surface area (TPSA) is 103 Å². The van der Waals surface area contributed by atoms with E-state index in [2.05, 4.69) is 71.8 Å². The molecular formula is C45H40Br2F18N4O4SSi. The number of rotatable bonds is 10. The van der Waals surface area contributed by atoms with Gasteiger partial charge in [-0.25, -0.2) is 9.97 Å². The molecule has 1 aliphatic rings. The van der Waals surface area contributed by atoms with Gasteiger partial charge in [0, 0.05) is 57.8 Å². The van der Waals surface area contributed by atoms with Crippen molar-refractivity contribution in [1.29, 1.82) is 0 Å². The molecule has 0 bridgehead atoms. The molecule has 0 radical (unpaired) electrons. The maximum Gasteiger partial charge on any atom is 0.433 e. The summed E-state index contributed by atoms with van der Waals surface area (Å²) in [4.78, 5) is 31.2. The number of esters is 2. The summed E-state index contributed by atoms with van der Waals surface area (Å²) >= 11 is 12.1.